The SMILES string of the molecule is CC(C)CN1CCC(O)(c2ccc(C3CCC3)cc2)CC1. The first-order valence-electron chi connectivity index (χ1n) is 8.62. The highest BCUT2D eigenvalue weighted by atomic mass is 16.3. The van der Waals surface area contributed by atoms with E-state index >= 15 is 0 Å². The summed E-state index contributed by atoms with van der Waals surface area (Å²) < 4.78 is 0. The molecule has 0 atom stereocenters. The molecule has 1 aromatic rings. The van der Waals surface area contributed by atoms with Crippen LogP contribution in [-0.2, 0) is 5.60 Å². The Hall–Kier alpha value is -0.860. The summed E-state index contributed by atoms with van der Waals surface area (Å²) in [6, 6.07) is 8.84. The average Bonchev–Trinajstić information content (AvgIpc) is 2.40. The minimum atomic E-state index is -0.606. The van der Waals surface area contributed by atoms with Crippen molar-refractivity contribution in [2.45, 2.75) is 57.5 Å². The summed E-state index contributed by atoms with van der Waals surface area (Å²) in [5, 5.41) is 11.0. The lowest BCUT2D eigenvalue weighted by molar-refractivity contribution is -0.0279. The van der Waals surface area contributed by atoms with Crippen LogP contribution in [0.4, 0.5) is 0 Å². The Labute approximate surface area is 129 Å². The normalized spacial score (nSPS) is 23.2. The van der Waals surface area contributed by atoms with Crippen LogP contribution in [0.3, 0.4) is 0 Å². The van der Waals surface area contributed by atoms with E-state index in [9.17, 15) is 5.11 Å². The number of rotatable bonds is 4. The van der Waals surface area contributed by atoms with Gasteiger partial charge in [-0.1, -0.05) is 44.5 Å². The van der Waals surface area contributed by atoms with Gasteiger partial charge >= 0.3 is 0 Å². The van der Waals surface area contributed by atoms with Crippen molar-refractivity contribution >= 4 is 0 Å². The van der Waals surface area contributed by atoms with Crippen LogP contribution in [0, 0.1) is 5.92 Å². The third kappa shape index (κ3) is 3.32. The second-order valence-electron chi connectivity index (χ2n) is 7.48. The number of piperidine rings is 1. The molecule has 1 heterocycles. The van der Waals surface area contributed by atoms with Crippen molar-refractivity contribution in [2.24, 2.45) is 5.92 Å². The molecule has 1 aliphatic heterocycles. The van der Waals surface area contributed by atoms with Gasteiger partial charge in [0.1, 0.15) is 0 Å². The molecular weight excluding hydrogens is 258 g/mol. The van der Waals surface area contributed by atoms with Gasteiger partial charge in [0.15, 0.2) is 0 Å². The maximum absolute atomic E-state index is 11.0. The maximum Gasteiger partial charge on any atom is 0.0920 e. The van der Waals surface area contributed by atoms with Gasteiger partial charge in [-0.2, -0.15) is 0 Å². The van der Waals surface area contributed by atoms with E-state index in [0.717, 1.165) is 44.0 Å². The largest absolute Gasteiger partial charge is 0.385 e. The molecule has 0 spiro atoms. The average molecular weight is 287 g/mol. The van der Waals surface area contributed by atoms with Crippen molar-refractivity contribution in [2.75, 3.05) is 19.6 Å². The first kappa shape index (κ1) is 15.1. The predicted octanol–water partition coefficient (Wildman–Crippen LogP) is 3.89. The maximum atomic E-state index is 11.0. The number of benzene rings is 1. The fourth-order valence-corrected chi connectivity index (χ4v) is 3.72. The number of hydrogen-bond donors (Lipinski definition) is 1. The summed E-state index contributed by atoms with van der Waals surface area (Å²) in [7, 11) is 0. The van der Waals surface area contributed by atoms with Crippen LogP contribution >= 0.6 is 0 Å². The van der Waals surface area contributed by atoms with Crippen LogP contribution in [0.15, 0.2) is 24.3 Å². The van der Waals surface area contributed by atoms with E-state index in [2.05, 4.69) is 43.0 Å². The fourth-order valence-electron chi connectivity index (χ4n) is 3.72. The minimum absolute atomic E-state index is 0.606. The van der Waals surface area contributed by atoms with Gasteiger partial charge in [-0.05, 0) is 48.6 Å². The fraction of sp³-hybridized carbons (Fsp3) is 0.684. The molecule has 1 aromatic carbocycles. The third-order valence-electron chi connectivity index (χ3n) is 5.33. The summed E-state index contributed by atoms with van der Waals surface area (Å²) >= 11 is 0. The summed E-state index contributed by atoms with van der Waals surface area (Å²) in [5.41, 5.74) is 1.98. The Morgan fingerprint density at radius 3 is 2.24 bits per heavy atom. The monoisotopic (exact) mass is 287 g/mol. The van der Waals surface area contributed by atoms with E-state index in [0.29, 0.717) is 5.92 Å². The number of hydrogen-bond acceptors (Lipinski definition) is 2. The molecule has 2 fully saturated rings. The molecule has 0 amide bonds. The van der Waals surface area contributed by atoms with Gasteiger partial charge in [-0.15, -0.1) is 0 Å². The molecule has 1 saturated heterocycles. The molecule has 1 aliphatic carbocycles. The van der Waals surface area contributed by atoms with Crippen molar-refractivity contribution < 1.29 is 5.11 Å². The molecule has 3 rings (SSSR count). The molecule has 116 valence electrons. The van der Waals surface area contributed by atoms with Crippen LogP contribution < -0.4 is 0 Å². The number of nitrogens with zero attached hydrogens (tertiary/aromatic N) is 1. The van der Waals surface area contributed by atoms with Crippen molar-refractivity contribution in [3.8, 4) is 0 Å². The van der Waals surface area contributed by atoms with Gasteiger partial charge in [-0.3, -0.25) is 0 Å². The predicted molar refractivity (Wildman–Crippen MR) is 87.4 cm³/mol. The molecule has 1 N–H and O–H groups in total. The van der Waals surface area contributed by atoms with Crippen molar-refractivity contribution in [1.29, 1.82) is 0 Å². The van der Waals surface area contributed by atoms with Crippen LogP contribution in [0.5, 0.6) is 0 Å². The second-order valence-corrected chi connectivity index (χ2v) is 7.48. The van der Waals surface area contributed by atoms with Gasteiger partial charge < -0.3 is 10.0 Å². The first-order valence-corrected chi connectivity index (χ1v) is 8.62. The Kier molecular flexibility index (Phi) is 4.37. The van der Waals surface area contributed by atoms with Crippen molar-refractivity contribution in [3.05, 3.63) is 35.4 Å². The Balaban J connectivity index is 1.63. The van der Waals surface area contributed by atoms with Crippen LogP contribution in [0.1, 0.15) is 63.0 Å². The minimum Gasteiger partial charge on any atom is -0.385 e. The van der Waals surface area contributed by atoms with Gasteiger partial charge in [0.05, 0.1) is 5.60 Å². The van der Waals surface area contributed by atoms with Crippen molar-refractivity contribution in [3.63, 3.8) is 0 Å². The second kappa shape index (κ2) is 6.10. The van der Waals surface area contributed by atoms with E-state index in [-0.39, 0.29) is 0 Å². The van der Waals surface area contributed by atoms with Gasteiger partial charge in [0, 0.05) is 19.6 Å². The first-order chi connectivity index (χ1) is 10.1. The molecule has 0 unspecified atom stereocenters. The topological polar surface area (TPSA) is 23.5 Å². The lowest BCUT2D eigenvalue weighted by atomic mass is 9.78. The van der Waals surface area contributed by atoms with E-state index in [1.807, 2.05) is 0 Å². The standard InChI is InChI=1S/C19H29NO/c1-15(2)14-20-12-10-19(21,11-13-20)18-8-6-17(7-9-18)16-4-3-5-16/h6-9,15-16,21H,3-5,10-14H2,1-2H3. The quantitative estimate of drug-likeness (QED) is 0.908. The third-order valence-corrected chi connectivity index (χ3v) is 5.33. The Bertz CT molecular complexity index is 453. The molecule has 1 saturated carbocycles. The zero-order valence-electron chi connectivity index (χ0n) is 13.5. The summed E-state index contributed by atoms with van der Waals surface area (Å²) in [6.07, 6.45) is 5.79. The molecule has 0 aromatic heterocycles. The molecule has 2 aliphatic rings. The van der Waals surface area contributed by atoms with E-state index in [4.69, 9.17) is 0 Å². The number of likely N-dealkylation sites (tertiary alicyclic amines) is 1. The molecule has 2 heteroatoms. The van der Waals surface area contributed by atoms with E-state index in [1.165, 1.54) is 24.8 Å². The summed E-state index contributed by atoms with van der Waals surface area (Å²) in [4.78, 5) is 2.49. The highest BCUT2D eigenvalue weighted by Crippen LogP contribution is 2.38. The van der Waals surface area contributed by atoms with Crippen LogP contribution in [0.2, 0.25) is 0 Å². The molecule has 2 nitrogen and oxygen atoms in total. The van der Waals surface area contributed by atoms with E-state index < -0.39 is 5.60 Å². The lowest BCUT2D eigenvalue weighted by Gasteiger charge is -2.39. The molecule has 0 radical (unpaired) electrons. The van der Waals surface area contributed by atoms with Gasteiger partial charge in [0.2, 0.25) is 0 Å². The van der Waals surface area contributed by atoms with Crippen LogP contribution in [0.25, 0.3) is 0 Å². The molecular formula is C19H29NO. The Morgan fingerprint density at radius 1 is 1.14 bits per heavy atom. The van der Waals surface area contributed by atoms with Gasteiger partial charge in [0.25, 0.3) is 0 Å². The lowest BCUT2D eigenvalue weighted by Crippen LogP contribution is -2.43. The van der Waals surface area contributed by atoms with Crippen LogP contribution in [-0.4, -0.2) is 29.6 Å². The summed E-state index contributed by atoms with van der Waals surface area (Å²) in [5.74, 6) is 1.49. The zero-order valence-corrected chi connectivity index (χ0v) is 13.5. The highest BCUT2D eigenvalue weighted by Gasteiger charge is 2.34. The highest BCUT2D eigenvalue weighted by molar-refractivity contribution is 5.30. The zero-order chi connectivity index (χ0) is 14.9. The number of aliphatic hydroxyl groups is 1. The van der Waals surface area contributed by atoms with Gasteiger partial charge in [-0.25, -0.2) is 0 Å². The van der Waals surface area contributed by atoms with E-state index in [1.54, 1.807) is 0 Å². The Morgan fingerprint density at radius 2 is 1.76 bits per heavy atom. The molecule has 21 heavy (non-hydrogen) atoms. The van der Waals surface area contributed by atoms with Crippen molar-refractivity contribution in [1.82, 2.24) is 4.90 Å². The molecule has 0 bridgehead atoms. The smallest absolute Gasteiger partial charge is 0.0920 e. The summed E-state index contributed by atoms with van der Waals surface area (Å²) in [6.45, 7) is 7.70.